The molecule has 0 spiro atoms. The zero-order valence-corrected chi connectivity index (χ0v) is 8.88. The molecule has 76 valence electrons. The highest BCUT2D eigenvalue weighted by molar-refractivity contribution is 5.60. The molecule has 2 rings (SSSR count). The van der Waals surface area contributed by atoms with E-state index in [1.165, 1.54) is 0 Å². The van der Waals surface area contributed by atoms with Gasteiger partial charge in [-0.1, -0.05) is 18.2 Å². The van der Waals surface area contributed by atoms with E-state index in [0.717, 1.165) is 17.2 Å². The lowest BCUT2D eigenvalue weighted by Crippen LogP contribution is -2.12. The quantitative estimate of drug-likeness (QED) is 0.744. The average molecular weight is 199 g/mol. The molecule has 0 unspecified atom stereocenters. The fourth-order valence-corrected chi connectivity index (χ4v) is 1.50. The van der Waals surface area contributed by atoms with Crippen LogP contribution in [0.15, 0.2) is 42.7 Å². The highest BCUT2D eigenvalue weighted by Gasteiger charge is 2.07. The Morgan fingerprint density at radius 1 is 1.00 bits per heavy atom. The first kappa shape index (κ1) is 9.65. The molecule has 15 heavy (non-hydrogen) atoms. The van der Waals surface area contributed by atoms with Gasteiger partial charge in [0.05, 0.1) is 5.69 Å². The minimum atomic E-state index is 0.892. The van der Waals surface area contributed by atoms with Crippen LogP contribution in [-0.2, 0) is 0 Å². The van der Waals surface area contributed by atoms with Crippen LogP contribution in [-0.4, -0.2) is 17.0 Å². The lowest BCUT2D eigenvalue weighted by molar-refractivity contribution is 1.04. The second-order valence-corrected chi connectivity index (χ2v) is 3.36. The number of rotatable bonds is 2. The van der Waals surface area contributed by atoms with E-state index in [2.05, 4.69) is 9.97 Å². The van der Waals surface area contributed by atoms with Crippen molar-refractivity contribution < 1.29 is 0 Å². The minimum absolute atomic E-state index is 0.892. The maximum absolute atomic E-state index is 4.32. The standard InChI is InChI=1S/C12H13N3/c1-10-12(14-9-8-13-10)15(2)11-6-4-3-5-7-11/h3-9H,1-2H3. The van der Waals surface area contributed by atoms with Crippen LogP contribution in [0.2, 0.25) is 0 Å². The van der Waals surface area contributed by atoms with Crippen LogP contribution in [0, 0.1) is 6.92 Å². The Labute approximate surface area is 89.4 Å². The van der Waals surface area contributed by atoms with E-state index in [1.54, 1.807) is 12.4 Å². The number of aromatic nitrogens is 2. The van der Waals surface area contributed by atoms with Crippen LogP contribution in [0.5, 0.6) is 0 Å². The molecule has 0 fully saturated rings. The molecular weight excluding hydrogens is 186 g/mol. The number of para-hydroxylation sites is 1. The summed E-state index contributed by atoms with van der Waals surface area (Å²) in [6, 6.07) is 10.1. The van der Waals surface area contributed by atoms with Gasteiger partial charge < -0.3 is 4.90 Å². The third kappa shape index (κ3) is 1.96. The fraction of sp³-hybridized carbons (Fsp3) is 0.167. The number of aryl methyl sites for hydroxylation is 1. The summed E-state index contributed by atoms with van der Waals surface area (Å²) in [5, 5.41) is 0. The SMILES string of the molecule is Cc1nccnc1N(C)c1ccccc1. The van der Waals surface area contributed by atoms with Gasteiger partial charge in [-0.3, -0.25) is 4.98 Å². The maximum atomic E-state index is 4.32. The molecule has 2 aromatic rings. The fourth-order valence-electron chi connectivity index (χ4n) is 1.50. The molecular formula is C12H13N3. The Morgan fingerprint density at radius 2 is 1.67 bits per heavy atom. The van der Waals surface area contributed by atoms with Crippen molar-refractivity contribution in [2.75, 3.05) is 11.9 Å². The monoisotopic (exact) mass is 199 g/mol. The van der Waals surface area contributed by atoms with Crippen LogP contribution in [0.1, 0.15) is 5.69 Å². The molecule has 0 saturated heterocycles. The smallest absolute Gasteiger partial charge is 0.154 e. The van der Waals surface area contributed by atoms with Gasteiger partial charge in [-0.05, 0) is 19.1 Å². The normalized spacial score (nSPS) is 10.0. The van der Waals surface area contributed by atoms with Crippen molar-refractivity contribution in [3.63, 3.8) is 0 Å². The Bertz CT molecular complexity index is 440. The van der Waals surface area contributed by atoms with Gasteiger partial charge in [0, 0.05) is 25.1 Å². The molecule has 0 N–H and O–H groups in total. The molecule has 1 heterocycles. The maximum Gasteiger partial charge on any atom is 0.154 e. The summed E-state index contributed by atoms with van der Waals surface area (Å²) in [6.07, 6.45) is 3.42. The van der Waals surface area contributed by atoms with Gasteiger partial charge in [-0.25, -0.2) is 4.98 Å². The molecule has 3 heteroatoms. The van der Waals surface area contributed by atoms with E-state index in [-0.39, 0.29) is 0 Å². The molecule has 0 aliphatic rings. The van der Waals surface area contributed by atoms with Crippen molar-refractivity contribution in [1.82, 2.24) is 9.97 Å². The predicted molar refractivity (Wildman–Crippen MR) is 61.3 cm³/mol. The third-order valence-electron chi connectivity index (χ3n) is 2.32. The average Bonchev–Trinajstić information content (AvgIpc) is 2.30. The highest BCUT2D eigenvalue weighted by atomic mass is 15.2. The summed E-state index contributed by atoms with van der Waals surface area (Å²) in [7, 11) is 1.99. The summed E-state index contributed by atoms with van der Waals surface area (Å²) >= 11 is 0. The Hall–Kier alpha value is -1.90. The Balaban J connectivity index is 2.37. The van der Waals surface area contributed by atoms with Crippen LogP contribution < -0.4 is 4.90 Å². The summed E-state index contributed by atoms with van der Waals surface area (Å²) in [4.78, 5) is 10.6. The van der Waals surface area contributed by atoms with Crippen molar-refractivity contribution in [3.05, 3.63) is 48.4 Å². The first-order valence-corrected chi connectivity index (χ1v) is 4.85. The minimum Gasteiger partial charge on any atom is -0.328 e. The van der Waals surface area contributed by atoms with Crippen molar-refractivity contribution in [3.8, 4) is 0 Å². The second kappa shape index (κ2) is 4.09. The molecule has 0 aliphatic heterocycles. The molecule has 1 aromatic heterocycles. The van der Waals surface area contributed by atoms with Crippen molar-refractivity contribution in [2.24, 2.45) is 0 Å². The van der Waals surface area contributed by atoms with Gasteiger partial charge in [-0.2, -0.15) is 0 Å². The van der Waals surface area contributed by atoms with E-state index >= 15 is 0 Å². The van der Waals surface area contributed by atoms with E-state index in [0.29, 0.717) is 0 Å². The molecule has 0 atom stereocenters. The molecule has 0 aliphatic carbocycles. The zero-order valence-electron chi connectivity index (χ0n) is 8.88. The van der Waals surface area contributed by atoms with Crippen molar-refractivity contribution in [1.29, 1.82) is 0 Å². The number of anilines is 2. The van der Waals surface area contributed by atoms with Gasteiger partial charge in [-0.15, -0.1) is 0 Å². The molecule has 0 amide bonds. The lowest BCUT2D eigenvalue weighted by Gasteiger charge is -2.19. The van der Waals surface area contributed by atoms with Gasteiger partial charge in [0.25, 0.3) is 0 Å². The number of benzene rings is 1. The molecule has 3 nitrogen and oxygen atoms in total. The predicted octanol–water partition coefficient (Wildman–Crippen LogP) is 2.55. The van der Waals surface area contributed by atoms with Crippen molar-refractivity contribution in [2.45, 2.75) is 6.92 Å². The van der Waals surface area contributed by atoms with Gasteiger partial charge in [0.1, 0.15) is 0 Å². The van der Waals surface area contributed by atoms with Crippen LogP contribution >= 0.6 is 0 Å². The lowest BCUT2D eigenvalue weighted by atomic mass is 10.3. The summed E-state index contributed by atoms with van der Waals surface area (Å²) in [5.41, 5.74) is 2.05. The van der Waals surface area contributed by atoms with Crippen molar-refractivity contribution >= 4 is 11.5 Å². The summed E-state index contributed by atoms with van der Waals surface area (Å²) in [6.45, 7) is 1.96. The van der Waals surface area contributed by atoms with Crippen LogP contribution in [0.25, 0.3) is 0 Å². The number of hydrogen-bond acceptors (Lipinski definition) is 3. The van der Waals surface area contributed by atoms with E-state index < -0.39 is 0 Å². The highest BCUT2D eigenvalue weighted by Crippen LogP contribution is 2.22. The first-order chi connectivity index (χ1) is 7.29. The van der Waals surface area contributed by atoms with Gasteiger partial charge in [0.15, 0.2) is 5.82 Å². The first-order valence-electron chi connectivity index (χ1n) is 4.85. The Morgan fingerprint density at radius 3 is 2.33 bits per heavy atom. The van der Waals surface area contributed by atoms with E-state index in [1.807, 2.05) is 49.2 Å². The van der Waals surface area contributed by atoms with Gasteiger partial charge >= 0.3 is 0 Å². The zero-order chi connectivity index (χ0) is 10.7. The molecule has 0 bridgehead atoms. The summed E-state index contributed by atoms with van der Waals surface area (Å²) < 4.78 is 0. The van der Waals surface area contributed by atoms with E-state index in [9.17, 15) is 0 Å². The molecule has 1 aromatic carbocycles. The molecule has 0 radical (unpaired) electrons. The van der Waals surface area contributed by atoms with Gasteiger partial charge in [0.2, 0.25) is 0 Å². The molecule has 0 saturated carbocycles. The topological polar surface area (TPSA) is 29.0 Å². The number of nitrogens with zero attached hydrogens (tertiary/aromatic N) is 3. The van der Waals surface area contributed by atoms with Crippen LogP contribution in [0.3, 0.4) is 0 Å². The van der Waals surface area contributed by atoms with Crippen LogP contribution in [0.4, 0.5) is 11.5 Å². The second-order valence-electron chi connectivity index (χ2n) is 3.36. The Kier molecular flexibility index (Phi) is 2.63. The van der Waals surface area contributed by atoms with E-state index in [4.69, 9.17) is 0 Å². The largest absolute Gasteiger partial charge is 0.328 e. The summed E-state index contributed by atoms with van der Waals surface area (Å²) in [5.74, 6) is 0.892. The number of hydrogen-bond donors (Lipinski definition) is 0. The third-order valence-corrected chi connectivity index (χ3v) is 2.32.